The lowest BCUT2D eigenvalue weighted by Gasteiger charge is -2.35. The van der Waals surface area contributed by atoms with Crippen molar-refractivity contribution in [3.05, 3.63) is 143 Å². The highest BCUT2D eigenvalue weighted by Gasteiger charge is 2.95. The highest BCUT2D eigenvalue weighted by molar-refractivity contribution is 6.35. The van der Waals surface area contributed by atoms with E-state index in [1.54, 1.807) is 24.3 Å². The molecule has 0 bridgehead atoms. The van der Waals surface area contributed by atoms with Crippen LogP contribution in [0.4, 0.5) is 0 Å². The van der Waals surface area contributed by atoms with Crippen molar-refractivity contribution in [3.8, 4) is 0 Å². The van der Waals surface area contributed by atoms with Crippen molar-refractivity contribution in [2.24, 2.45) is 0 Å². The fraction of sp³-hybridized carbons (Fsp3) is 0.176. The van der Waals surface area contributed by atoms with E-state index in [-0.39, 0.29) is 11.6 Å². The molecule has 4 atom stereocenters. The lowest BCUT2D eigenvalue weighted by Crippen LogP contribution is -2.63. The zero-order valence-corrected chi connectivity index (χ0v) is 21.9. The summed E-state index contributed by atoms with van der Waals surface area (Å²) in [6.07, 6.45) is 0. The predicted octanol–water partition coefficient (Wildman–Crippen LogP) is 3.65. The third kappa shape index (κ3) is 2.96. The molecule has 1 amide bonds. The second kappa shape index (κ2) is 8.81. The number of carbonyl (C=O) groups excluding carboxylic acids is 3. The maximum absolute atomic E-state index is 14.7. The molecule has 3 aliphatic rings. The van der Waals surface area contributed by atoms with Crippen LogP contribution in [0.1, 0.15) is 43.3 Å². The monoisotopic (exact) mass is 542 g/mol. The van der Waals surface area contributed by atoms with Gasteiger partial charge in [-0.2, -0.15) is 0 Å². The number of ketones is 2. The molecule has 202 valence electrons. The van der Waals surface area contributed by atoms with Gasteiger partial charge in [0.25, 0.3) is 0 Å². The number of Topliss-reactive ketones (excluding diaryl/α,β-unsaturated/α-hetero) is 2. The number of aliphatic carboxylic acids is 1. The van der Waals surface area contributed by atoms with Crippen molar-refractivity contribution in [2.45, 2.75) is 28.3 Å². The lowest BCUT2D eigenvalue weighted by molar-refractivity contribution is -0.138. The molecular formula is C34H26N2O5. The number of rotatable bonds is 6. The summed E-state index contributed by atoms with van der Waals surface area (Å²) in [5.74, 6) is -3.00. The molecule has 0 radical (unpaired) electrons. The van der Waals surface area contributed by atoms with Gasteiger partial charge in [0.1, 0.15) is 6.54 Å². The highest BCUT2D eigenvalue weighted by Crippen LogP contribution is 2.84. The predicted molar refractivity (Wildman–Crippen MR) is 151 cm³/mol. The maximum Gasteiger partial charge on any atom is 0.322 e. The normalized spacial score (nSPS) is 26.8. The number of nitrogens with one attached hydrogen (secondary N) is 2. The molecule has 0 aromatic heterocycles. The third-order valence-electron chi connectivity index (χ3n) is 9.25. The molecule has 0 unspecified atom stereocenters. The number of carbonyl (C=O) groups is 4. The average Bonchev–Trinajstić information content (AvgIpc) is 3.49. The van der Waals surface area contributed by atoms with Gasteiger partial charge in [0, 0.05) is 27.9 Å². The second-order valence-electron chi connectivity index (χ2n) is 10.9. The molecule has 7 nitrogen and oxygen atoms in total. The van der Waals surface area contributed by atoms with Crippen LogP contribution in [0, 0.1) is 0 Å². The van der Waals surface area contributed by atoms with Gasteiger partial charge in [0.2, 0.25) is 5.91 Å². The van der Waals surface area contributed by atoms with Crippen LogP contribution in [-0.2, 0) is 20.4 Å². The van der Waals surface area contributed by atoms with Crippen LogP contribution in [0.2, 0.25) is 0 Å². The first-order valence-electron chi connectivity index (χ1n) is 13.5. The minimum atomic E-state index is -1.81. The van der Waals surface area contributed by atoms with Crippen LogP contribution in [-0.4, -0.2) is 46.7 Å². The van der Waals surface area contributed by atoms with Gasteiger partial charge in [-0.05, 0) is 16.7 Å². The first-order valence-corrected chi connectivity index (χ1v) is 13.5. The largest absolute Gasteiger partial charge is 0.480 e. The molecule has 1 aliphatic heterocycles. The molecule has 4 aromatic rings. The molecule has 1 heterocycles. The number of piperidine rings is 1. The number of fused-ring (bicyclic) bond motifs is 3. The molecule has 1 saturated carbocycles. The van der Waals surface area contributed by atoms with E-state index in [1.165, 1.54) is 0 Å². The van der Waals surface area contributed by atoms with Gasteiger partial charge in [0.05, 0.1) is 6.04 Å². The Balaban J connectivity index is 1.60. The Labute approximate surface area is 236 Å². The minimum Gasteiger partial charge on any atom is -0.480 e. The van der Waals surface area contributed by atoms with Crippen molar-refractivity contribution in [2.75, 3.05) is 6.54 Å². The summed E-state index contributed by atoms with van der Waals surface area (Å²) in [5, 5.41) is 15.2. The SMILES string of the molecule is O=C(O)CNC(=O)[C@H]1NC2(C(=O)c3ccccc3C2=O)[C@@]2(c3ccccc3)[C@H](c3ccccc3)[C@@]12c1ccccc1. The van der Waals surface area contributed by atoms with Gasteiger partial charge in [0.15, 0.2) is 17.1 Å². The van der Waals surface area contributed by atoms with Crippen LogP contribution in [0.15, 0.2) is 115 Å². The number of carboxylic acid groups (broad SMARTS) is 1. The summed E-state index contributed by atoms with van der Waals surface area (Å²) in [4.78, 5) is 55.0. The number of amides is 1. The van der Waals surface area contributed by atoms with Gasteiger partial charge in [-0.15, -0.1) is 0 Å². The van der Waals surface area contributed by atoms with Gasteiger partial charge in [-0.25, -0.2) is 0 Å². The number of hydrogen-bond acceptors (Lipinski definition) is 5. The maximum atomic E-state index is 14.7. The molecule has 41 heavy (non-hydrogen) atoms. The molecule has 7 heteroatoms. The van der Waals surface area contributed by atoms with Gasteiger partial charge >= 0.3 is 5.97 Å². The summed E-state index contributed by atoms with van der Waals surface area (Å²) in [6.45, 7) is -0.592. The Morgan fingerprint density at radius 2 is 1.20 bits per heavy atom. The van der Waals surface area contributed by atoms with E-state index < -0.39 is 46.7 Å². The molecule has 2 aliphatic carbocycles. The number of carboxylic acids is 1. The van der Waals surface area contributed by atoms with Gasteiger partial charge < -0.3 is 10.4 Å². The van der Waals surface area contributed by atoms with Gasteiger partial charge in [-0.1, -0.05) is 115 Å². The molecule has 3 N–H and O–H groups in total. The van der Waals surface area contributed by atoms with Crippen LogP contribution in [0.25, 0.3) is 0 Å². The number of hydrogen-bond donors (Lipinski definition) is 3. The highest BCUT2D eigenvalue weighted by atomic mass is 16.4. The van der Waals surface area contributed by atoms with Crippen molar-refractivity contribution >= 4 is 23.4 Å². The lowest BCUT2D eigenvalue weighted by atomic mass is 9.68. The van der Waals surface area contributed by atoms with E-state index in [9.17, 15) is 24.3 Å². The van der Waals surface area contributed by atoms with E-state index in [4.69, 9.17) is 0 Å². The zero-order valence-electron chi connectivity index (χ0n) is 21.9. The molecule has 1 spiro atoms. The fourth-order valence-electron chi connectivity index (χ4n) is 8.03. The van der Waals surface area contributed by atoms with Crippen LogP contribution in [0.3, 0.4) is 0 Å². The summed E-state index contributed by atoms with van der Waals surface area (Å²) in [7, 11) is 0. The van der Waals surface area contributed by atoms with Crippen LogP contribution in [0.5, 0.6) is 0 Å². The first-order chi connectivity index (χ1) is 19.9. The summed E-state index contributed by atoms with van der Waals surface area (Å²) in [6, 6.07) is 34.3. The Bertz CT molecular complexity index is 1690. The summed E-state index contributed by atoms with van der Waals surface area (Å²) >= 11 is 0. The Morgan fingerprint density at radius 1 is 0.707 bits per heavy atom. The summed E-state index contributed by atoms with van der Waals surface area (Å²) < 4.78 is 0. The number of benzene rings is 4. The van der Waals surface area contributed by atoms with Gasteiger partial charge in [-0.3, -0.25) is 24.5 Å². The van der Waals surface area contributed by atoms with Crippen molar-refractivity contribution < 1.29 is 24.3 Å². The van der Waals surface area contributed by atoms with Crippen LogP contribution >= 0.6 is 0 Å². The van der Waals surface area contributed by atoms with Crippen molar-refractivity contribution in [3.63, 3.8) is 0 Å². The average molecular weight is 543 g/mol. The standard InChI is InChI=1S/C34H26N2O5/c37-26(38)20-35-31(41)28-32(22-14-6-2-7-15-22)27(21-12-4-1-5-13-21)33(32,23-16-8-3-9-17-23)34(36-28)29(39)24-18-10-11-19-25(24)30(34)40/h1-19,27-28,36H,20H2,(H,35,41)(H,37,38)/t27-,28-,32+,33+/m1/s1. The molecular weight excluding hydrogens is 516 g/mol. The molecule has 2 fully saturated rings. The van der Waals surface area contributed by atoms with Crippen LogP contribution < -0.4 is 10.6 Å². The van der Waals surface area contributed by atoms with Crippen molar-refractivity contribution in [1.29, 1.82) is 0 Å². The van der Waals surface area contributed by atoms with E-state index in [1.807, 2.05) is 91.0 Å². The Hall–Kier alpha value is -4.88. The van der Waals surface area contributed by atoms with E-state index in [2.05, 4.69) is 10.6 Å². The Morgan fingerprint density at radius 3 is 1.73 bits per heavy atom. The smallest absolute Gasteiger partial charge is 0.322 e. The Kier molecular flexibility index (Phi) is 5.40. The topological polar surface area (TPSA) is 113 Å². The third-order valence-corrected chi connectivity index (χ3v) is 9.25. The zero-order chi connectivity index (χ0) is 28.4. The van der Waals surface area contributed by atoms with E-state index in [0.29, 0.717) is 11.1 Å². The quantitative estimate of drug-likeness (QED) is 0.321. The van der Waals surface area contributed by atoms with E-state index in [0.717, 1.165) is 16.7 Å². The molecule has 1 saturated heterocycles. The molecule has 7 rings (SSSR count). The summed E-state index contributed by atoms with van der Waals surface area (Å²) in [5.41, 5.74) is -1.06. The second-order valence-corrected chi connectivity index (χ2v) is 10.9. The fourth-order valence-corrected chi connectivity index (χ4v) is 8.03. The first kappa shape index (κ1) is 25.1. The van der Waals surface area contributed by atoms with Crippen molar-refractivity contribution in [1.82, 2.24) is 10.6 Å². The molecule has 4 aromatic carbocycles. The van der Waals surface area contributed by atoms with E-state index >= 15 is 0 Å². The minimum absolute atomic E-state index is 0.313.